The SMILES string of the molecule is CC(C)([CH2][Hf]([Br])([Br])[CH2]C(C)(C)c1ccccc1)c1ccccc1. The molecule has 0 aliphatic rings. The molecule has 0 aromatic heterocycles. The van der Waals surface area contributed by atoms with Crippen molar-refractivity contribution >= 4 is 24.6 Å². The van der Waals surface area contributed by atoms with Crippen LogP contribution in [0.1, 0.15) is 38.8 Å². The second kappa shape index (κ2) is 7.66. The summed E-state index contributed by atoms with van der Waals surface area (Å²) in [6.45, 7) is 9.48. The summed E-state index contributed by atoms with van der Waals surface area (Å²) in [5.74, 6) is 0. The summed E-state index contributed by atoms with van der Waals surface area (Å²) in [6.07, 6.45) is 0. The third-order valence-corrected chi connectivity index (χ3v) is 23.8. The van der Waals surface area contributed by atoms with Crippen molar-refractivity contribution in [1.82, 2.24) is 0 Å². The molecule has 3 heteroatoms. The van der Waals surface area contributed by atoms with Gasteiger partial charge in [-0.15, -0.1) is 0 Å². The van der Waals surface area contributed by atoms with E-state index in [1.54, 1.807) is 0 Å². The van der Waals surface area contributed by atoms with Crippen LogP contribution in [-0.2, 0) is 26.1 Å². The van der Waals surface area contributed by atoms with Gasteiger partial charge in [-0.2, -0.15) is 0 Å². The van der Waals surface area contributed by atoms with E-state index >= 15 is 0 Å². The molecule has 0 heterocycles. The van der Waals surface area contributed by atoms with Gasteiger partial charge in [0.15, 0.2) is 0 Å². The van der Waals surface area contributed by atoms with Crippen LogP contribution in [0.2, 0.25) is 8.35 Å². The normalized spacial score (nSPS) is 13.1. The summed E-state index contributed by atoms with van der Waals surface area (Å²) in [6, 6.07) is 21.8. The molecule has 2 rings (SSSR count). The molecule has 0 amide bonds. The summed E-state index contributed by atoms with van der Waals surface area (Å²) in [7, 11) is 0. The fourth-order valence-corrected chi connectivity index (χ4v) is 37.5. The van der Waals surface area contributed by atoms with Crippen LogP contribution in [0.3, 0.4) is 0 Å². The van der Waals surface area contributed by atoms with E-state index in [4.69, 9.17) is 0 Å². The Labute approximate surface area is 157 Å². The van der Waals surface area contributed by atoms with E-state index in [9.17, 15) is 0 Å². The first-order valence-corrected chi connectivity index (χ1v) is 28.9. The molecule has 2 aromatic carbocycles. The Morgan fingerprint density at radius 1 is 0.652 bits per heavy atom. The Morgan fingerprint density at radius 3 is 1.26 bits per heavy atom. The van der Waals surface area contributed by atoms with E-state index in [1.807, 2.05) is 0 Å². The number of hydrogen-bond donors (Lipinski definition) is 0. The molecule has 0 bridgehead atoms. The Hall–Kier alpha value is 0.270. The van der Waals surface area contributed by atoms with Gasteiger partial charge in [0.2, 0.25) is 0 Å². The Morgan fingerprint density at radius 2 is 0.957 bits per heavy atom. The van der Waals surface area contributed by atoms with E-state index < -0.39 is 15.3 Å². The first kappa shape index (κ1) is 19.6. The fourth-order valence-electron chi connectivity index (χ4n) is 3.34. The minimum atomic E-state index is -2.68. The van der Waals surface area contributed by atoms with Gasteiger partial charge in [-0.05, 0) is 0 Å². The number of benzene rings is 2. The summed E-state index contributed by atoms with van der Waals surface area (Å²) in [5.41, 5.74) is 3.26. The van der Waals surface area contributed by atoms with Gasteiger partial charge in [0.25, 0.3) is 0 Å². The van der Waals surface area contributed by atoms with Crippen LogP contribution in [0.25, 0.3) is 0 Å². The van der Waals surface area contributed by atoms with Crippen LogP contribution >= 0.6 is 24.6 Å². The van der Waals surface area contributed by atoms with E-state index in [0.717, 1.165) is 0 Å². The fraction of sp³-hybridized carbons (Fsp3) is 0.400. The summed E-state index contributed by atoms with van der Waals surface area (Å²) >= 11 is 5.69. The Balaban J connectivity index is 2.16. The average Bonchev–Trinajstić information content (AvgIpc) is 2.47. The van der Waals surface area contributed by atoms with Gasteiger partial charge in [0.05, 0.1) is 0 Å². The molecule has 23 heavy (non-hydrogen) atoms. The molecule has 2 aromatic rings. The summed E-state index contributed by atoms with van der Waals surface area (Å²) < 4.78 is 2.47. The van der Waals surface area contributed by atoms with Crippen molar-refractivity contribution in [3.8, 4) is 0 Å². The summed E-state index contributed by atoms with van der Waals surface area (Å²) in [5, 5.41) is 0. The molecule has 0 aliphatic carbocycles. The standard InChI is InChI=1S/2C10H13.2BrH.Hf/c2*1-10(2,3)9-7-5-4-6-8-9;;;/h2*4-8H,1H2,2-3H3;2*1H;/q;;;;+2/p-2. The first-order chi connectivity index (χ1) is 10.6. The molecule has 124 valence electrons. The number of rotatable bonds is 6. The van der Waals surface area contributed by atoms with Crippen molar-refractivity contribution in [1.29, 1.82) is 0 Å². The van der Waals surface area contributed by atoms with Crippen LogP contribution in [-0.4, -0.2) is 0 Å². The van der Waals surface area contributed by atoms with Crippen molar-refractivity contribution < 1.29 is 15.3 Å². The van der Waals surface area contributed by atoms with Gasteiger partial charge < -0.3 is 0 Å². The van der Waals surface area contributed by atoms with Gasteiger partial charge in [-0.3, -0.25) is 0 Å². The number of halogens is 2. The van der Waals surface area contributed by atoms with E-state index in [2.05, 4.69) is 113 Å². The van der Waals surface area contributed by atoms with Crippen LogP contribution < -0.4 is 0 Å². The maximum absolute atomic E-state index is 4.19. The third-order valence-electron chi connectivity index (χ3n) is 4.51. The molecule has 0 saturated heterocycles. The number of hydrogen-bond acceptors (Lipinski definition) is 0. The van der Waals surface area contributed by atoms with Crippen molar-refractivity contribution in [2.75, 3.05) is 0 Å². The predicted molar refractivity (Wildman–Crippen MR) is 106 cm³/mol. The zero-order valence-corrected chi connectivity index (χ0v) is 21.2. The second-order valence-corrected chi connectivity index (χ2v) is 50.0. The van der Waals surface area contributed by atoms with Gasteiger partial charge >= 0.3 is 159 Å². The first-order valence-electron chi connectivity index (χ1n) is 8.11. The Bertz CT molecular complexity index is 563. The van der Waals surface area contributed by atoms with Crippen molar-refractivity contribution in [3.63, 3.8) is 0 Å². The van der Waals surface area contributed by atoms with E-state index in [1.165, 1.54) is 19.5 Å². The molecule has 0 radical (unpaired) electrons. The van der Waals surface area contributed by atoms with Gasteiger partial charge in [0.1, 0.15) is 0 Å². The summed E-state index contributed by atoms with van der Waals surface area (Å²) in [4.78, 5) is 0. The zero-order valence-electron chi connectivity index (χ0n) is 14.4. The van der Waals surface area contributed by atoms with E-state index in [0.29, 0.717) is 0 Å². The molecule has 0 spiro atoms. The Kier molecular flexibility index (Phi) is 6.52. The van der Waals surface area contributed by atoms with Crippen LogP contribution in [0.5, 0.6) is 0 Å². The van der Waals surface area contributed by atoms with Crippen molar-refractivity contribution in [3.05, 3.63) is 71.8 Å². The molecule has 0 aliphatic heterocycles. The van der Waals surface area contributed by atoms with Crippen molar-refractivity contribution in [2.45, 2.75) is 46.9 Å². The van der Waals surface area contributed by atoms with Crippen molar-refractivity contribution in [2.24, 2.45) is 0 Å². The van der Waals surface area contributed by atoms with Crippen LogP contribution in [0.4, 0.5) is 0 Å². The molecule has 0 unspecified atom stereocenters. The molecule has 0 nitrogen and oxygen atoms in total. The third kappa shape index (κ3) is 5.64. The average molecular weight is 605 g/mol. The molecule has 0 N–H and O–H groups in total. The van der Waals surface area contributed by atoms with Crippen LogP contribution in [0.15, 0.2) is 60.7 Å². The topological polar surface area (TPSA) is 0 Å². The molecule has 0 atom stereocenters. The molecule has 0 fully saturated rings. The zero-order chi connectivity index (χ0) is 17.1. The monoisotopic (exact) mass is 604 g/mol. The minimum absolute atomic E-state index is 0.197. The molecular formula is C20H26Br2Hf. The van der Waals surface area contributed by atoms with Gasteiger partial charge in [-0.25, -0.2) is 0 Å². The second-order valence-electron chi connectivity index (χ2n) is 7.71. The van der Waals surface area contributed by atoms with Gasteiger partial charge in [0, 0.05) is 0 Å². The van der Waals surface area contributed by atoms with Crippen LogP contribution in [0, 0.1) is 0 Å². The van der Waals surface area contributed by atoms with E-state index in [-0.39, 0.29) is 10.8 Å². The van der Waals surface area contributed by atoms with Gasteiger partial charge in [-0.1, -0.05) is 0 Å². The quantitative estimate of drug-likeness (QED) is 0.299. The molecular weight excluding hydrogens is 579 g/mol. The maximum atomic E-state index is 4.19. The predicted octanol–water partition coefficient (Wildman–Crippen LogP) is 7.55. The molecule has 0 saturated carbocycles.